The predicted octanol–water partition coefficient (Wildman–Crippen LogP) is 1.54. The van der Waals surface area contributed by atoms with Gasteiger partial charge in [-0.05, 0) is 11.5 Å². The highest BCUT2D eigenvalue weighted by molar-refractivity contribution is 5.97. The first-order valence-corrected chi connectivity index (χ1v) is 6.20. The maximum atomic E-state index is 12.0. The van der Waals surface area contributed by atoms with Crippen LogP contribution in [0.25, 0.3) is 0 Å². The number of nitrogen functional groups attached to an aromatic ring is 1. The number of nitrogens with two attached hydrogens (primary N) is 1. The van der Waals surface area contributed by atoms with E-state index < -0.39 is 0 Å². The number of rotatable bonds is 4. The first kappa shape index (κ1) is 13.1. The quantitative estimate of drug-likeness (QED) is 0.873. The molecule has 1 unspecified atom stereocenters. The minimum atomic E-state index is -0.194. The van der Waals surface area contributed by atoms with Gasteiger partial charge in [0.1, 0.15) is 5.69 Å². The maximum Gasteiger partial charge on any atom is 0.271 e. The van der Waals surface area contributed by atoms with E-state index in [-0.39, 0.29) is 11.8 Å². The molecule has 2 rings (SSSR count). The standard InChI is InChI=1S/C14H18N4O/c1-10(11-6-4-3-5-7-11)8-16-14(19)13-12(15)9-17-18(13)2/h3-7,9-10H,8,15H2,1-2H3,(H,16,19). The van der Waals surface area contributed by atoms with Gasteiger partial charge in [0, 0.05) is 13.6 Å². The van der Waals surface area contributed by atoms with Gasteiger partial charge in [-0.3, -0.25) is 9.48 Å². The van der Waals surface area contributed by atoms with Crippen molar-refractivity contribution in [3.63, 3.8) is 0 Å². The average Bonchev–Trinajstić information content (AvgIpc) is 2.76. The third-order valence-electron chi connectivity index (χ3n) is 3.12. The SMILES string of the molecule is CC(CNC(=O)c1c(N)cnn1C)c1ccccc1. The first-order valence-electron chi connectivity index (χ1n) is 6.20. The molecule has 0 spiro atoms. The highest BCUT2D eigenvalue weighted by atomic mass is 16.2. The Labute approximate surface area is 112 Å². The summed E-state index contributed by atoms with van der Waals surface area (Å²) in [6, 6.07) is 10.1. The van der Waals surface area contributed by atoms with Gasteiger partial charge in [0.05, 0.1) is 11.9 Å². The van der Waals surface area contributed by atoms with Gasteiger partial charge in [-0.25, -0.2) is 0 Å². The van der Waals surface area contributed by atoms with Gasteiger partial charge in [0.2, 0.25) is 0 Å². The van der Waals surface area contributed by atoms with Crippen molar-refractivity contribution in [3.8, 4) is 0 Å². The van der Waals surface area contributed by atoms with Crippen molar-refractivity contribution in [2.75, 3.05) is 12.3 Å². The fourth-order valence-electron chi connectivity index (χ4n) is 1.96. The Morgan fingerprint density at radius 3 is 2.68 bits per heavy atom. The molecule has 1 amide bonds. The van der Waals surface area contributed by atoms with Gasteiger partial charge < -0.3 is 11.1 Å². The van der Waals surface area contributed by atoms with Crippen molar-refractivity contribution in [2.45, 2.75) is 12.8 Å². The predicted molar refractivity (Wildman–Crippen MR) is 74.8 cm³/mol. The fourth-order valence-corrected chi connectivity index (χ4v) is 1.96. The number of aryl methyl sites for hydroxylation is 1. The molecule has 0 radical (unpaired) electrons. The van der Waals surface area contributed by atoms with E-state index in [0.29, 0.717) is 17.9 Å². The Morgan fingerprint density at radius 2 is 2.11 bits per heavy atom. The summed E-state index contributed by atoms with van der Waals surface area (Å²) >= 11 is 0. The number of carbonyl (C=O) groups is 1. The van der Waals surface area contributed by atoms with E-state index in [1.54, 1.807) is 7.05 Å². The number of aromatic nitrogens is 2. The monoisotopic (exact) mass is 258 g/mol. The number of anilines is 1. The van der Waals surface area contributed by atoms with Gasteiger partial charge >= 0.3 is 0 Å². The maximum absolute atomic E-state index is 12.0. The van der Waals surface area contributed by atoms with E-state index in [1.165, 1.54) is 16.4 Å². The van der Waals surface area contributed by atoms with Gasteiger partial charge in [-0.2, -0.15) is 5.10 Å². The first-order chi connectivity index (χ1) is 9.09. The zero-order valence-electron chi connectivity index (χ0n) is 11.1. The summed E-state index contributed by atoms with van der Waals surface area (Å²) in [4.78, 5) is 12.0. The zero-order valence-corrected chi connectivity index (χ0v) is 11.1. The van der Waals surface area contributed by atoms with E-state index in [4.69, 9.17) is 5.73 Å². The molecular formula is C14H18N4O. The van der Waals surface area contributed by atoms with Crippen LogP contribution in [0.5, 0.6) is 0 Å². The lowest BCUT2D eigenvalue weighted by Gasteiger charge is -2.13. The average molecular weight is 258 g/mol. The number of hydrogen-bond donors (Lipinski definition) is 2. The summed E-state index contributed by atoms with van der Waals surface area (Å²) in [5.74, 6) is 0.0554. The van der Waals surface area contributed by atoms with Crippen LogP contribution in [0, 0.1) is 0 Å². The van der Waals surface area contributed by atoms with E-state index >= 15 is 0 Å². The molecular weight excluding hydrogens is 240 g/mol. The van der Waals surface area contributed by atoms with Gasteiger partial charge in [-0.15, -0.1) is 0 Å². The fraction of sp³-hybridized carbons (Fsp3) is 0.286. The molecule has 0 bridgehead atoms. The lowest BCUT2D eigenvalue weighted by Crippen LogP contribution is -2.29. The molecule has 0 aliphatic carbocycles. The summed E-state index contributed by atoms with van der Waals surface area (Å²) in [6.45, 7) is 2.63. The molecule has 5 heteroatoms. The molecule has 1 aromatic carbocycles. The van der Waals surface area contributed by atoms with Crippen molar-refractivity contribution in [1.29, 1.82) is 0 Å². The smallest absolute Gasteiger partial charge is 0.271 e. The number of hydrogen-bond acceptors (Lipinski definition) is 3. The van der Waals surface area contributed by atoms with Crippen LogP contribution in [0.3, 0.4) is 0 Å². The highest BCUT2D eigenvalue weighted by Gasteiger charge is 2.15. The molecule has 100 valence electrons. The molecule has 3 N–H and O–H groups in total. The second-order valence-electron chi connectivity index (χ2n) is 4.59. The summed E-state index contributed by atoms with van der Waals surface area (Å²) < 4.78 is 1.48. The van der Waals surface area contributed by atoms with Crippen molar-refractivity contribution in [2.24, 2.45) is 7.05 Å². The molecule has 1 atom stereocenters. The Hall–Kier alpha value is -2.30. The van der Waals surface area contributed by atoms with E-state index in [2.05, 4.69) is 29.5 Å². The second-order valence-corrected chi connectivity index (χ2v) is 4.59. The molecule has 5 nitrogen and oxygen atoms in total. The van der Waals surface area contributed by atoms with Crippen LogP contribution in [-0.2, 0) is 7.05 Å². The number of nitrogens with one attached hydrogen (secondary N) is 1. The normalized spacial score (nSPS) is 12.1. The lowest BCUT2D eigenvalue weighted by molar-refractivity contribution is 0.0943. The zero-order chi connectivity index (χ0) is 13.8. The summed E-state index contributed by atoms with van der Waals surface area (Å²) in [7, 11) is 1.70. The van der Waals surface area contributed by atoms with Crippen LogP contribution in [0.4, 0.5) is 5.69 Å². The third-order valence-corrected chi connectivity index (χ3v) is 3.12. The van der Waals surface area contributed by atoms with Crippen molar-refractivity contribution in [1.82, 2.24) is 15.1 Å². The molecule has 0 aliphatic rings. The van der Waals surface area contributed by atoms with Crippen molar-refractivity contribution >= 4 is 11.6 Å². The Morgan fingerprint density at radius 1 is 1.42 bits per heavy atom. The molecule has 0 saturated carbocycles. The second kappa shape index (κ2) is 5.56. The number of carbonyl (C=O) groups excluding carboxylic acids is 1. The summed E-state index contributed by atoms with van der Waals surface area (Å²) in [6.07, 6.45) is 1.48. The number of amides is 1. The van der Waals surface area contributed by atoms with Crippen LogP contribution in [0.15, 0.2) is 36.5 Å². The molecule has 2 aromatic rings. The van der Waals surface area contributed by atoms with Crippen LogP contribution in [0.2, 0.25) is 0 Å². The third kappa shape index (κ3) is 2.93. The van der Waals surface area contributed by atoms with Crippen LogP contribution < -0.4 is 11.1 Å². The van der Waals surface area contributed by atoms with Gasteiger partial charge in [0.15, 0.2) is 0 Å². The molecule has 0 fully saturated rings. The Balaban J connectivity index is 1.98. The van der Waals surface area contributed by atoms with E-state index in [0.717, 1.165) is 0 Å². The molecule has 1 aromatic heterocycles. The number of benzene rings is 1. The van der Waals surface area contributed by atoms with Gasteiger partial charge in [-0.1, -0.05) is 37.3 Å². The Kier molecular flexibility index (Phi) is 3.85. The Bertz CT molecular complexity index is 543. The topological polar surface area (TPSA) is 72.9 Å². The van der Waals surface area contributed by atoms with Crippen molar-refractivity contribution in [3.05, 3.63) is 47.8 Å². The molecule has 1 heterocycles. The van der Waals surface area contributed by atoms with Crippen LogP contribution >= 0.6 is 0 Å². The molecule has 0 saturated heterocycles. The molecule has 0 aliphatic heterocycles. The van der Waals surface area contributed by atoms with Crippen molar-refractivity contribution < 1.29 is 4.79 Å². The largest absolute Gasteiger partial charge is 0.396 e. The van der Waals surface area contributed by atoms with E-state index in [9.17, 15) is 4.79 Å². The summed E-state index contributed by atoms with van der Waals surface area (Å²) in [5.41, 5.74) is 7.71. The molecule has 19 heavy (non-hydrogen) atoms. The number of nitrogens with zero attached hydrogens (tertiary/aromatic N) is 2. The lowest BCUT2D eigenvalue weighted by atomic mass is 10.0. The van der Waals surface area contributed by atoms with E-state index in [1.807, 2.05) is 18.2 Å². The van der Waals surface area contributed by atoms with Gasteiger partial charge in [0.25, 0.3) is 5.91 Å². The highest BCUT2D eigenvalue weighted by Crippen LogP contribution is 2.14. The van der Waals surface area contributed by atoms with Crippen LogP contribution in [0.1, 0.15) is 28.9 Å². The minimum Gasteiger partial charge on any atom is -0.396 e. The van der Waals surface area contributed by atoms with Crippen LogP contribution in [-0.4, -0.2) is 22.2 Å². The summed E-state index contributed by atoms with van der Waals surface area (Å²) in [5, 5.41) is 6.84. The minimum absolute atomic E-state index is 0.194.